The van der Waals surface area contributed by atoms with Crippen LogP contribution in [0.2, 0.25) is 0 Å². The Morgan fingerprint density at radius 2 is 1.88 bits per heavy atom. The van der Waals surface area contributed by atoms with Crippen LogP contribution in [0.4, 0.5) is 5.69 Å². The fourth-order valence-corrected chi connectivity index (χ4v) is 4.90. The number of unbranched alkanes of at least 4 members (excludes halogenated alkanes) is 2. The van der Waals surface area contributed by atoms with Crippen LogP contribution in [0.15, 0.2) is 27.6 Å². The Kier molecular flexibility index (Phi) is 5.65. The monoisotopic (exact) mass is 438 g/mol. The maximum Gasteiger partial charge on any atom is 0.266 e. The molecule has 2 aliphatic rings. The van der Waals surface area contributed by atoms with E-state index in [4.69, 9.17) is 12.2 Å². The molecular formula is C18H19BrN2O2S2. The maximum atomic E-state index is 13.1. The maximum absolute atomic E-state index is 13.1. The van der Waals surface area contributed by atoms with Gasteiger partial charge in [-0.05, 0) is 31.5 Å². The average molecular weight is 439 g/mol. The molecule has 0 unspecified atom stereocenters. The molecule has 25 heavy (non-hydrogen) atoms. The first kappa shape index (κ1) is 18.6. The number of halogens is 1. The number of anilines is 1. The smallest absolute Gasteiger partial charge is 0.266 e. The van der Waals surface area contributed by atoms with Crippen molar-refractivity contribution in [3.63, 3.8) is 0 Å². The molecule has 0 radical (unpaired) electrons. The number of nitrogens with zero attached hydrogens (tertiary/aromatic N) is 2. The van der Waals surface area contributed by atoms with Crippen LogP contribution in [0.25, 0.3) is 5.57 Å². The Hall–Kier alpha value is -1.18. The van der Waals surface area contributed by atoms with Crippen molar-refractivity contribution in [3.8, 4) is 0 Å². The predicted molar refractivity (Wildman–Crippen MR) is 111 cm³/mol. The van der Waals surface area contributed by atoms with E-state index in [0.717, 1.165) is 35.0 Å². The van der Waals surface area contributed by atoms with E-state index < -0.39 is 0 Å². The molecule has 2 amide bonds. The van der Waals surface area contributed by atoms with Crippen molar-refractivity contribution in [2.75, 3.05) is 18.0 Å². The van der Waals surface area contributed by atoms with Crippen molar-refractivity contribution in [2.45, 2.75) is 33.1 Å². The lowest BCUT2D eigenvalue weighted by Gasteiger charge is -2.16. The Morgan fingerprint density at radius 3 is 2.52 bits per heavy atom. The van der Waals surface area contributed by atoms with Gasteiger partial charge in [-0.2, -0.15) is 0 Å². The summed E-state index contributed by atoms with van der Waals surface area (Å²) in [6, 6.07) is 5.79. The molecule has 0 spiro atoms. The minimum Gasteiger partial charge on any atom is -0.308 e. The van der Waals surface area contributed by atoms with Crippen molar-refractivity contribution >= 4 is 67.3 Å². The third kappa shape index (κ3) is 3.29. The van der Waals surface area contributed by atoms with Crippen molar-refractivity contribution in [3.05, 3.63) is 33.1 Å². The summed E-state index contributed by atoms with van der Waals surface area (Å²) in [5.74, 6) is -0.261. The lowest BCUT2D eigenvalue weighted by atomic mass is 10.1. The van der Waals surface area contributed by atoms with Gasteiger partial charge in [0, 0.05) is 23.1 Å². The minimum atomic E-state index is -0.165. The lowest BCUT2D eigenvalue weighted by Crippen LogP contribution is -2.29. The number of thioether (sulfide) groups is 1. The van der Waals surface area contributed by atoms with Gasteiger partial charge < -0.3 is 4.90 Å². The fraction of sp³-hybridized carbons (Fsp3) is 0.389. The molecule has 0 N–H and O–H groups in total. The molecule has 4 nitrogen and oxygen atoms in total. The Morgan fingerprint density at radius 1 is 1.12 bits per heavy atom. The van der Waals surface area contributed by atoms with Crippen LogP contribution in [0, 0.1) is 0 Å². The van der Waals surface area contributed by atoms with Crippen molar-refractivity contribution < 1.29 is 9.59 Å². The average Bonchev–Trinajstić information content (AvgIpc) is 3.00. The molecule has 3 rings (SSSR count). The van der Waals surface area contributed by atoms with Crippen LogP contribution < -0.4 is 4.90 Å². The van der Waals surface area contributed by atoms with E-state index in [1.165, 1.54) is 11.8 Å². The molecule has 0 aromatic heterocycles. The number of hydrogen-bond acceptors (Lipinski definition) is 4. The lowest BCUT2D eigenvalue weighted by molar-refractivity contribution is -0.122. The highest BCUT2D eigenvalue weighted by atomic mass is 79.9. The van der Waals surface area contributed by atoms with Crippen LogP contribution in [-0.4, -0.2) is 34.1 Å². The van der Waals surface area contributed by atoms with Crippen LogP contribution in [0.5, 0.6) is 0 Å². The summed E-state index contributed by atoms with van der Waals surface area (Å²) < 4.78 is 1.40. The van der Waals surface area contributed by atoms with Gasteiger partial charge in [-0.15, -0.1) is 0 Å². The predicted octanol–water partition coefficient (Wildman–Crippen LogP) is 4.58. The second kappa shape index (κ2) is 7.60. The number of likely N-dealkylation sites (N-methyl/N-ethyl adjacent to an activating group) is 1. The first-order valence-corrected chi connectivity index (χ1v) is 10.4. The van der Waals surface area contributed by atoms with Crippen LogP contribution >= 0.6 is 39.9 Å². The number of rotatable bonds is 5. The van der Waals surface area contributed by atoms with Crippen LogP contribution in [0.3, 0.4) is 0 Å². The molecule has 7 heteroatoms. The van der Waals surface area contributed by atoms with E-state index in [1.54, 1.807) is 9.80 Å². The highest BCUT2D eigenvalue weighted by Gasteiger charge is 2.41. The zero-order chi connectivity index (χ0) is 18.1. The first-order chi connectivity index (χ1) is 12.0. The number of thiocarbonyl (C=S) groups is 1. The molecule has 0 saturated carbocycles. The molecule has 1 aromatic carbocycles. The second-order valence-electron chi connectivity index (χ2n) is 5.95. The molecule has 2 heterocycles. The van der Waals surface area contributed by atoms with Crippen molar-refractivity contribution in [1.82, 2.24) is 4.90 Å². The van der Waals surface area contributed by atoms with Crippen LogP contribution in [0.1, 0.15) is 38.7 Å². The van der Waals surface area contributed by atoms with Crippen molar-refractivity contribution in [2.24, 2.45) is 0 Å². The Labute approximate surface area is 165 Å². The van der Waals surface area contributed by atoms with Gasteiger partial charge in [0.2, 0.25) is 0 Å². The normalized spacial score (nSPS) is 20.0. The largest absolute Gasteiger partial charge is 0.308 e. The zero-order valence-electron chi connectivity index (χ0n) is 14.2. The van der Waals surface area contributed by atoms with Gasteiger partial charge in [0.1, 0.15) is 4.32 Å². The summed E-state index contributed by atoms with van der Waals surface area (Å²) in [4.78, 5) is 29.6. The van der Waals surface area contributed by atoms with E-state index in [2.05, 4.69) is 22.9 Å². The molecule has 1 fully saturated rings. The SMILES string of the molecule is CCCCCN1C(=O)C(=C2SC(=S)N(CC)C2=O)c2cc(Br)ccc21. The van der Waals surface area contributed by atoms with Crippen molar-refractivity contribution in [1.29, 1.82) is 0 Å². The van der Waals surface area contributed by atoms with Crippen LogP contribution in [-0.2, 0) is 9.59 Å². The summed E-state index contributed by atoms with van der Waals surface area (Å²) in [6.45, 7) is 5.20. The summed E-state index contributed by atoms with van der Waals surface area (Å²) in [6.07, 6.45) is 3.11. The quantitative estimate of drug-likeness (QED) is 0.383. The van der Waals surface area contributed by atoms with Gasteiger partial charge in [0.15, 0.2) is 0 Å². The molecule has 1 saturated heterocycles. The summed E-state index contributed by atoms with van der Waals surface area (Å²) >= 11 is 10.0. The zero-order valence-corrected chi connectivity index (χ0v) is 17.4. The summed E-state index contributed by atoms with van der Waals surface area (Å²) in [7, 11) is 0. The number of hydrogen-bond donors (Lipinski definition) is 0. The van der Waals surface area contributed by atoms with Gasteiger partial charge in [-0.3, -0.25) is 14.5 Å². The Balaban J connectivity index is 2.08. The fourth-order valence-electron chi connectivity index (χ4n) is 3.09. The Bertz CT molecular complexity index is 791. The molecule has 2 aliphatic heterocycles. The molecule has 0 aliphatic carbocycles. The van der Waals surface area contributed by atoms with E-state index >= 15 is 0 Å². The molecule has 0 atom stereocenters. The number of benzene rings is 1. The molecule has 132 valence electrons. The van der Waals surface area contributed by atoms with Gasteiger partial charge in [-0.1, -0.05) is 59.7 Å². The third-order valence-corrected chi connectivity index (χ3v) is 6.30. The number of fused-ring (bicyclic) bond motifs is 1. The number of carbonyl (C=O) groups is 2. The van der Waals surface area contributed by atoms with E-state index in [1.807, 2.05) is 25.1 Å². The summed E-state index contributed by atoms with van der Waals surface area (Å²) in [5, 5.41) is 0. The topological polar surface area (TPSA) is 40.6 Å². The van der Waals surface area contributed by atoms with Gasteiger partial charge in [-0.25, -0.2) is 0 Å². The highest BCUT2D eigenvalue weighted by Crippen LogP contribution is 2.45. The standard InChI is InChI=1S/C18H19BrN2O2S2/c1-3-5-6-9-21-13-8-7-11(19)10-12(13)14(16(21)22)15-17(23)20(4-2)18(24)25-15/h7-8,10H,3-6,9H2,1-2H3. The minimum absolute atomic E-state index is 0.0965. The summed E-state index contributed by atoms with van der Waals surface area (Å²) in [5.41, 5.74) is 2.18. The van der Waals surface area contributed by atoms with E-state index in [0.29, 0.717) is 27.9 Å². The van der Waals surface area contributed by atoms with E-state index in [-0.39, 0.29) is 11.8 Å². The molecular weight excluding hydrogens is 420 g/mol. The van der Waals surface area contributed by atoms with Gasteiger partial charge >= 0.3 is 0 Å². The van der Waals surface area contributed by atoms with Gasteiger partial charge in [0.05, 0.1) is 16.2 Å². The number of carbonyl (C=O) groups excluding carboxylic acids is 2. The second-order valence-corrected chi connectivity index (χ2v) is 8.51. The van der Waals surface area contributed by atoms with E-state index in [9.17, 15) is 9.59 Å². The first-order valence-electron chi connectivity index (χ1n) is 8.39. The highest BCUT2D eigenvalue weighted by molar-refractivity contribution is 9.10. The number of amides is 2. The van der Waals surface area contributed by atoms with Gasteiger partial charge in [0.25, 0.3) is 11.8 Å². The molecule has 0 bridgehead atoms. The molecule has 1 aromatic rings. The third-order valence-electron chi connectivity index (χ3n) is 4.36.